The fraction of sp³-hybridized carbons (Fsp3) is 0.320. The third-order valence-electron chi connectivity index (χ3n) is 5.74. The summed E-state index contributed by atoms with van der Waals surface area (Å²) in [5.41, 5.74) is 6.44. The van der Waals surface area contributed by atoms with Crippen LogP contribution in [0, 0.1) is 0 Å². The Bertz CT molecular complexity index is 1020. The predicted molar refractivity (Wildman–Crippen MR) is 120 cm³/mol. The van der Waals surface area contributed by atoms with Gasteiger partial charge >= 0.3 is 0 Å². The molecule has 162 valence electrons. The minimum Gasteiger partial charge on any atom is -0.387 e. The topological polar surface area (TPSA) is 56.7 Å². The highest BCUT2D eigenvalue weighted by Gasteiger charge is 2.37. The Balaban J connectivity index is 1.45. The molecule has 31 heavy (non-hydrogen) atoms. The molecule has 3 N–H and O–H groups in total. The molecule has 6 heteroatoms. The van der Waals surface area contributed by atoms with Crippen LogP contribution >= 0.6 is 0 Å². The quantitative estimate of drug-likeness (QED) is 0.556. The third-order valence-corrected chi connectivity index (χ3v) is 5.74. The van der Waals surface area contributed by atoms with Crippen LogP contribution < -0.4 is 10.6 Å². The molecule has 0 radical (unpaired) electrons. The first kappa shape index (κ1) is 21.2. The monoisotopic (exact) mass is 423 g/mol. The van der Waals surface area contributed by atoms with Crippen molar-refractivity contribution < 1.29 is 13.9 Å². The van der Waals surface area contributed by atoms with Gasteiger partial charge in [0.2, 0.25) is 0 Å². The highest BCUT2D eigenvalue weighted by atomic mass is 19.3. The molecule has 0 amide bonds. The van der Waals surface area contributed by atoms with Crippen LogP contribution in [0.5, 0.6) is 0 Å². The lowest BCUT2D eigenvalue weighted by molar-refractivity contribution is -0.106. The molecule has 2 unspecified atom stereocenters. The number of hydrogen-bond donors (Lipinski definition) is 3. The fourth-order valence-corrected chi connectivity index (χ4v) is 3.67. The van der Waals surface area contributed by atoms with Crippen molar-refractivity contribution in [1.29, 1.82) is 0 Å². The van der Waals surface area contributed by atoms with E-state index in [0.29, 0.717) is 6.42 Å². The smallest absolute Gasteiger partial charge is 0.298 e. The van der Waals surface area contributed by atoms with Crippen LogP contribution in [0.2, 0.25) is 0 Å². The Morgan fingerprint density at radius 1 is 1.16 bits per heavy atom. The van der Waals surface area contributed by atoms with Crippen molar-refractivity contribution in [3.8, 4) is 0 Å². The molecule has 1 heterocycles. The number of hydrogen-bond acceptors (Lipinski definition) is 4. The van der Waals surface area contributed by atoms with Gasteiger partial charge in [0.05, 0.1) is 6.04 Å². The number of aliphatic imine (C=N–C) groups is 1. The van der Waals surface area contributed by atoms with E-state index < -0.39 is 12.0 Å². The van der Waals surface area contributed by atoms with Gasteiger partial charge in [0, 0.05) is 41.5 Å². The zero-order valence-electron chi connectivity index (χ0n) is 17.7. The molecule has 2 aromatic rings. The average molecular weight is 424 g/mol. The number of nitrogens with zero attached hydrogens (tertiary/aromatic N) is 1. The maximum atomic E-state index is 14.0. The maximum Gasteiger partial charge on any atom is 0.298 e. The Kier molecular flexibility index (Phi) is 5.92. The van der Waals surface area contributed by atoms with Crippen LogP contribution in [0.1, 0.15) is 49.4 Å². The molecule has 1 saturated carbocycles. The number of halogens is 2. The van der Waals surface area contributed by atoms with Crippen molar-refractivity contribution in [2.45, 2.75) is 51.2 Å². The number of allylic oxidation sites excluding steroid dienone is 2. The molecule has 2 atom stereocenters. The van der Waals surface area contributed by atoms with Crippen molar-refractivity contribution >= 4 is 11.4 Å². The normalized spacial score (nSPS) is 18.8. The highest BCUT2D eigenvalue weighted by Crippen LogP contribution is 2.35. The Labute approximate surface area is 181 Å². The molecule has 0 spiro atoms. The summed E-state index contributed by atoms with van der Waals surface area (Å²) in [5.74, 6) is -3.25. The Hall–Kier alpha value is -2.99. The summed E-state index contributed by atoms with van der Waals surface area (Å²) in [7, 11) is 0. The van der Waals surface area contributed by atoms with Crippen molar-refractivity contribution in [3.05, 3.63) is 88.9 Å². The number of anilines is 1. The summed E-state index contributed by atoms with van der Waals surface area (Å²) < 4.78 is 28.0. The average Bonchev–Trinajstić information content (AvgIpc) is 3.60. The number of nitrogens with one attached hydrogen (secondary N) is 2. The van der Waals surface area contributed by atoms with E-state index in [2.05, 4.69) is 39.9 Å². The molecule has 2 aliphatic rings. The van der Waals surface area contributed by atoms with Gasteiger partial charge in [-0.05, 0) is 55.5 Å². The predicted octanol–water partition coefficient (Wildman–Crippen LogP) is 5.44. The van der Waals surface area contributed by atoms with Crippen LogP contribution in [-0.2, 0) is 12.3 Å². The highest BCUT2D eigenvalue weighted by molar-refractivity contribution is 5.89. The first-order valence-electron chi connectivity index (χ1n) is 10.5. The first-order chi connectivity index (χ1) is 14.8. The first-order valence-corrected chi connectivity index (χ1v) is 10.5. The molecule has 2 aromatic carbocycles. The minimum atomic E-state index is -3.25. The lowest BCUT2D eigenvalue weighted by Gasteiger charge is -2.21. The second kappa shape index (κ2) is 8.63. The van der Waals surface area contributed by atoms with Crippen molar-refractivity contribution in [2.24, 2.45) is 4.99 Å². The van der Waals surface area contributed by atoms with Crippen LogP contribution in [0.4, 0.5) is 14.5 Å². The van der Waals surface area contributed by atoms with Gasteiger partial charge in [0.25, 0.3) is 5.92 Å². The molecule has 4 rings (SSSR count). The van der Waals surface area contributed by atoms with Gasteiger partial charge in [-0.2, -0.15) is 8.78 Å². The van der Waals surface area contributed by atoms with E-state index in [-0.39, 0.29) is 11.6 Å². The van der Waals surface area contributed by atoms with Gasteiger partial charge in [-0.25, -0.2) is 0 Å². The lowest BCUT2D eigenvalue weighted by atomic mass is 10.0. The number of aliphatic hydroxyl groups is 1. The lowest BCUT2D eigenvalue weighted by Crippen LogP contribution is -2.27. The molecule has 4 nitrogen and oxygen atoms in total. The Morgan fingerprint density at radius 3 is 2.42 bits per heavy atom. The summed E-state index contributed by atoms with van der Waals surface area (Å²) in [6.07, 6.45) is 4.66. The summed E-state index contributed by atoms with van der Waals surface area (Å²) in [4.78, 5) is 4.36. The molecule has 1 fully saturated rings. The van der Waals surface area contributed by atoms with E-state index in [0.717, 1.165) is 48.0 Å². The van der Waals surface area contributed by atoms with E-state index in [1.165, 1.54) is 17.7 Å². The van der Waals surface area contributed by atoms with Gasteiger partial charge < -0.3 is 15.7 Å². The van der Waals surface area contributed by atoms with E-state index in [1.807, 2.05) is 13.1 Å². The maximum absolute atomic E-state index is 14.0. The standard InChI is InChI=1S/C25H27F2N3O/c1-16-24(29-14-13-28-16)20-7-11-22(12-8-20)30-23(19-5-6-19)15-18-3-9-21(10-4-18)25(26,27)17(2)31/h3-4,7-14,17,24,29-31H,5-6,15H2,1-2H3. The van der Waals surface area contributed by atoms with Crippen LogP contribution in [-0.4, -0.2) is 16.9 Å². The summed E-state index contributed by atoms with van der Waals surface area (Å²) in [5, 5.41) is 16.2. The number of rotatable bonds is 7. The number of aliphatic hydroxyl groups excluding tert-OH is 1. The van der Waals surface area contributed by atoms with E-state index >= 15 is 0 Å². The molecule has 0 saturated heterocycles. The molecule has 1 aliphatic heterocycles. The van der Waals surface area contributed by atoms with Gasteiger partial charge in [0.1, 0.15) is 6.10 Å². The van der Waals surface area contributed by atoms with E-state index in [4.69, 9.17) is 0 Å². The van der Waals surface area contributed by atoms with Gasteiger partial charge in [-0.15, -0.1) is 0 Å². The largest absolute Gasteiger partial charge is 0.387 e. The van der Waals surface area contributed by atoms with Crippen LogP contribution in [0.15, 0.2) is 77.2 Å². The van der Waals surface area contributed by atoms with Crippen molar-refractivity contribution in [3.63, 3.8) is 0 Å². The molecular weight excluding hydrogens is 396 g/mol. The molecule has 0 aromatic heterocycles. The summed E-state index contributed by atoms with van der Waals surface area (Å²) in [6, 6.07) is 14.6. The molecular formula is C25H27F2N3O. The fourth-order valence-electron chi connectivity index (χ4n) is 3.67. The number of alkyl halides is 2. The SMILES string of the molecule is CC1=NC=CNC1c1ccc(NC(Cc2ccc(C(F)(F)C(C)O)cc2)=C2CC2)cc1. The summed E-state index contributed by atoms with van der Waals surface area (Å²) >= 11 is 0. The second-order valence-electron chi connectivity index (χ2n) is 8.19. The van der Waals surface area contributed by atoms with Gasteiger partial charge in [0.15, 0.2) is 0 Å². The zero-order chi connectivity index (χ0) is 22.0. The second-order valence-corrected chi connectivity index (χ2v) is 8.19. The summed E-state index contributed by atoms with van der Waals surface area (Å²) in [6.45, 7) is 3.11. The molecule has 1 aliphatic carbocycles. The van der Waals surface area contributed by atoms with E-state index in [9.17, 15) is 13.9 Å². The van der Waals surface area contributed by atoms with Gasteiger partial charge in [-0.3, -0.25) is 4.99 Å². The van der Waals surface area contributed by atoms with Gasteiger partial charge in [-0.1, -0.05) is 36.4 Å². The zero-order valence-corrected chi connectivity index (χ0v) is 17.7. The minimum absolute atomic E-state index is 0.0820. The number of benzene rings is 2. The van der Waals surface area contributed by atoms with Crippen molar-refractivity contribution in [1.82, 2.24) is 5.32 Å². The van der Waals surface area contributed by atoms with Crippen LogP contribution in [0.25, 0.3) is 0 Å². The van der Waals surface area contributed by atoms with E-state index in [1.54, 1.807) is 18.3 Å². The Morgan fingerprint density at radius 2 is 1.84 bits per heavy atom. The van der Waals surface area contributed by atoms with Crippen LogP contribution in [0.3, 0.4) is 0 Å². The van der Waals surface area contributed by atoms with Crippen molar-refractivity contribution in [2.75, 3.05) is 5.32 Å². The molecule has 0 bridgehead atoms. The third kappa shape index (κ3) is 4.85.